The molecule has 0 spiro atoms. The summed E-state index contributed by atoms with van der Waals surface area (Å²) in [6.07, 6.45) is 2.03. The molecule has 0 radical (unpaired) electrons. The molecule has 3 nitrogen and oxygen atoms in total. The quantitative estimate of drug-likeness (QED) is 0.698. The maximum Gasteiger partial charge on any atom is 0.137 e. The van der Waals surface area contributed by atoms with Gasteiger partial charge in [0.25, 0.3) is 0 Å². The third-order valence-corrected chi connectivity index (χ3v) is 6.67. The Morgan fingerprint density at radius 2 is 1.93 bits per heavy atom. The molecule has 1 fully saturated rings. The Hall–Kier alpha value is -2.43. The predicted molar refractivity (Wildman–Crippen MR) is 118 cm³/mol. The number of nitrogens with zero attached hydrogens (tertiary/aromatic N) is 2. The van der Waals surface area contributed by atoms with E-state index in [0.29, 0.717) is 6.04 Å². The number of para-hydroxylation sites is 1. The SMILES string of the molecule is Cc1cc2c(s1)Cc1ccccc1N=C2N1CCNC(Cc2ccccc2)C1. The molecule has 1 atom stereocenters. The van der Waals surface area contributed by atoms with Crippen molar-refractivity contribution in [1.29, 1.82) is 0 Å². The molecule has 3 heterocycles. The van der Waals surface area contributed by atoms with Crippen molar-refractivity contribution in [2.75, 3.05) is 19.6 Å². The van der Waals surface area contributed by atoms with Crippen LogP contribution in [0.2, 0.25) is 0 Å². The number of hydrogen-bond donors (Lipinski definition) is 1. The van der Waals surface area contributed by atoms with Crippen LogP contribution in [0.25, 0.3) is 0 Å². The van der Waals surface area contributed by atoms with Crippen LogP contribution in [0.15, 0.2) is 65.7 Å². The van der Waals surface area contributed by atoms with E-state index in [1.807, 2.05) is 11.3 Å². The Morgan fingerprint density at radius 3 is 2.82 bits per heavy atom. The molecule has 1 N–H and O–H groups in total. The van der Waals surface area contributed by atoms with Gasteiger partial charge < -0.3 is 10.2 Å². The lowest BCUT2D eigenvalue weighted by Crippen LogP contribution is -2.53. The molecular formula is C24H25N3S. The predicted octanol–water partition coefficient (Wildman–Crippen LogP) is 4.56. The van der Waals surface area contributed by atoms with Gasteiger partial charge in [-0.05, 0) is 36.6 Å². The van der Waals surface area contributed by atoms with Crippen LogP contribution in [0.4, 0.5) is 5.69 Å². The second kappa shape index (κ2) is 7.53. The van der Waals surface area contributed by atoms with E-state index >= 15 is 0 Å². The molecule has 1 aromatic heterocycles. The van der Waals surface area contributed by atoms with Gasteiger partial charge in [0.2, 0.25) is 0 Å². The van der Waals surface area contributed by atoms with Crippen LogP contribution in [0, 0.1) is 6.92 Å². The molecular weight excluding hydrogens is 362 g/mol. The van der Waals surface area contributed by atoms with Gasteiger partial charge >= 0.3 is 0 Å². The molecule has 28 heavy (non-hydrogen) atoms. The molecule has 5 rings (SSSR count). The fourth-order valence-electron chi connectivity index (χ4n) is 4.29. The van der Waals surface area contributed by atoms with Gasteiger partial charge in [-0.2, -0.15) is 0 Å². The summed E-state index contributed by atoms with van der Waals surface area (Å²) < 4.78 is 0. The summed E-state index contributed by atoms with van der Waals surface area (Å²) in [6.45, 7) is 5.19. The van der Waals surface area contributed by atoms with Crippen molar-refractivity contribution >= 4 is 22.9 Å². The lowest BCUT2D eigenvalue weighted by Gasteiger charge is -2.36. The molecule has 0 saturated carbocycles. The summed E-state index contributed by atoms with van der Waals surface area (Å²) in [5.74, 6) is 1.16. The normalized spacial score (nSPS) is 18.8. The van der Waals surface area contributed by atoms with Crippen molar-refractivity contribution in [3.63, 3.8) is 0 Å². The first-order chi connectivity index (χ1) is 13.8. The minimum atomic E-state index is 0.445. The van der Waals surface area contributed by atoms with Gasteiger partial charge in [0.1, 0.15) is 5.84 Å². The van der Waals surface area contributed by atoms with Crippen LogP contribution in [-0.4, -0.2) is 36.4 Å². The standard InChI is InChI=1S/C24H25N3S/c1-17-13-21-23(28-17)15-19-9-5-6-10-22(19)26-24(21)27-12-11-25-20(16-27)14-18-7-3-2-4-8-18/h2-10,13,20,25H,11-12,14-16H2,1H3. The summed E-state index contributed by atoms with van der Waals surface area (Å²) in [4.78, 5) is 10.5. The van der Waals surface area contributed by atoms with Gasteiger partial charge in [-0.15, -0.1) is 11.3 Å². The molecule has 0 bridgehead atoms. The number of thiophene rings is 1. The number of rotatable bonds is 2. The maximum absolute atomic E-state index is 5.18. The van der Waals surface area contributed by atoms with E-state index in [-0.39, 0.29) is 0 Å². The topological polar surface area (TPSA) is 27.6 Å². The van der Waals surface area contributed by atoms with E-state index < -0.39 is 0 Å². The average Bonchev–Trinajstić information content (AvgIpc) is 3.00. The Bertz CT molecular complexity index is 1010. The van der Waals surface area contributed by atoms with Gasteiger partial charge in [-0.25, -0.2) is 4.99 Å². The number of fused-ring (bicyclic) bond motifs is 2. The first-order valence-corrected chi connectivity index (χ1v) is 10.9. The Balaban J connectivity index is 1.47. The van der Waals surface area contributed by atoms with Crippen molar-refractivity contribution in [3.05, 3.63) is 87.1 Å². The van der Waals surface area contributed by atoms with E-state index in [1.54, 1.807) is 0 Å². The number of nitrogens with one attached hydrogen (secondary N) is 1. The number of aliphatic imine (C=N–C) groups is 1. The van der Waals surface area contributed by atoms with E-state index in [9.17, 15) is 0 Å². The van der Waals surface area contributed by atoms with E-state index in [1.165, 1.54) is 26.4 Å². The largest absolute Gasteiger partial charge is 0.353 e. The van der Waals surface area contributed by atoms with Crippen molar-refractivity contribution in [3.8, 4) is 0 Å². The zero-order valence-corrected chi connectivity index (χ0v) is 17.0. The van der Waals surface area contributed by atoms with Crippen LogP contribution in [0.1, 0.15) is 26.4 Å². The molecule has 1 unspecified atom stereocenters. The molecule has 0 amide bonds. The molecule has 0 aliphatic carbocycles. The van der Waals surface area contributed by atoms with E-state index in [4.69, 9.17) is 4.99 Å². The highest BCUT2D eigenvalue weighted by molar-refractivity contribution is 7.12. The number of amidine groups is 1. The average molecular weight is 388 g/mol. The lowest BCUT2D eigenvalue weighted by atomic mass is 10.0. The second-order valence-electron chi connectivity index (χ2n) is 7.72. The summed E-state index contributed by atoms with van der Waals surface area (Å²) in [5.41, 5.74) is 5.18. The van der Waals surface area contributed by atoms with Crippen molar-refractivity contribution in [1.82, 2.24) is 10.2 Å². The zero-order chi connectivity index (χ0) is 18.9. The van der Waals surface area contributed by atoms with Gasteiger partial charge in [0, 0.05) is 47.4 Å². The molecule has 2 aliphatic rings. The summed E-state index contributed by atoms with van der Waals surface area (Å²) in [5, 5.41) is 3.71. The Kier molecular flexibility index (Phi) is 4.75. The van der Waals surface area contributed by atoms with Crippen LogP contribution in [0.3, 0.4) is 0 Å². The number of hydrogen-bond acceptors (Lipinski definition) is 4. The summed E-state index contributed by atoms with van der Waals surface area (Å²) in [6, 6.07) is 22.2. The molecule has 1 saturated heterocycles. The van der Waals surface area contributed by atoms with Crippen molar-refractivity contribution in [2.24, 2.45) is 4.99 Å². The van der Waals surface area contributed by atoms with Crippen molar-refractivity contribution < 1.29 is 0 Å². The highest BCUT2D eigenvalue weighted by Gasteiger charge is 2.27. The Morgan fingerprint density at radius 1 is 1.11 bits per heavy atom. The van der Waals surface area contributed by atoms with Gasteiger partial charge in [0.15, 0.2) is 0 Å². The highest BCUT2D eigenvalue weighted by atomic mass is 32.1. The molecule has 3 aromatic rings. The van der Waals surface area contributed by atoms with Gasteiger partial charge in [-0.3, -0.25) is 0 Å². The third kappa shape index (κ3) is 3.50. The fraction of sp³-hybridized carbons (Fsp3) is 0.292. The van der Waals surface area contributed by atoms with Gasteiger partial charge in [-0.1, -0.05) is 48.5 Å². The molecule has 2 aromatic carbocycles. The van der Waals surface area contributed by atoms with E-state index in [2.05, 4.69) is 77.8 Å². The smallest absolute Gasteiger partial charge is 0.137 e. The summed E-state index contributed by atoms with van der Waals surface area (Å²) >= 11 is 1.92. The monoisotopic (exact) mass is 387 g/mol. The van der Waals surface area contributed by atoms with Crippen molar-refractivity contribution in [2.45, 2.75) is 25.8 Å². The van der Waals surface area contributed by atoms with Crippen LogP contribution < -0.4 is 5.32 Å². The number of benzene rings is 2. The second-order valence-corrected chi connectivity index (χ2v) is 9.06. The third-order valence-electron chi connectivity index (χ3n) is 5.62. The number of piperazine rings is 1. The Labute approximate surface area is 170 Å². The van der Waals surface area contributed by atoms with Crippen LogP contribution >= 0.6 is 11.3 Å². The van der Waals surface area contributed by atoms with Crippen LogP contribution in [0.5, 0.6) is 0 Å². The van der Waals surface area contributed by atoms with E-state index in [0.717, 1.165) is 44.0 Å². The fourth-order valence-corrected chi connectivity index (χ4v) is 5.35. The lowest BCUT2D eigenvalue weighted by molar-refractivity contribution is 0.290. The molecule has 142 valence electrons. The first kappa shape index (κ1) is 17.7. The minimum absolute atomic E-state index is 0.445. The molecule has 2 aliphatic heterocycles. The van der Waals surface area contributed by atoms with Gasteiger partial charge in [0.05, 0.1) is 5.69 Å². The highest BCUT2D eigenvalue weighted by Crippen LogP contribution is 2.34. The summed E-state index contributed by atoms with van der Waals surface area (Å²) in [7, 11) is 0. The molecule has 4 heteroatoms. The number of aryl methyl sites for hydroxylation is 1. The minimum Gasteiger partial charge on any atom is -0.353 e. The zero-order valence-electron chi connectivity index (χ0n) is 16.2. The first-order valence-electron chi connectivity index (χ1n) is 10.0. The van der Waals surface area contributed by atoms with Crippen LogP contribution in [-0.2, 0) is 12.8 Å². The maximum atomic E-state index is 5.18.